The normalized spacial score (nSPS) is 10.5. The van der Waals surface area contributed by atoms with Crippen molar-refractivity contribution in [3.63, 3.8) is 0 Å². The first-order chi connectivity index (χ1) is 13.7. The lowest BCUT2D eigenvalue weighted by molar-refractivity contribution is 0.328. The molecule has 3 rings (SSSR count). The largest absolute Gasteiger partial charge is 0.493 e. The third-order valence-corrected chi connectivity index (χ3v) is 4.53. The molecule has 0 unspecified atom stereocenters. The van der Waals surface area contributed by atoms with Crippen LogP contribution in [0, 0.1) is 15.9 Å². The molecule has 0 heterocycles. The van der Waals surface area contributed by atoms with E-state index in [1.807, 2.05) is 66.7 Å². The van der Waals surface area contributed by atoms with Crippen LogP contribution < -0.4 is 14.2 Å². The standard InChI is InChI=1S/C23H18INO3/c1-3-13-27-23-21(24)14-17(15-22(23)26-2)16-25-18-9-11-20(12-10-18)28-19-7-5-4-6-8-19/h1,4-12,14-16H,13H2,2H3. The molecule has 4 nitrogen and oxygen atoms in total. The minimum atomic E-state index is 0.192. The highest BCUT2D eigenvalue weighted by Gasteiger charge is 2.10. The predicted molar refractivity (Wildman–Crippen MR) is 120 cm³/mol. The van der Waals surface area contributed by atoms with Gasteiger partial charge in [0.05, 0.1) is 16.4 Å². The highest BCUT2D eigenvalue weighted by molar-refractivity contribution is 14.1. The van der Waals surface area contributed by atoms with Crippen molar-refractivity contribution in [3.05, 3.63) is 75.9 Å². The number of nitrogens with zero attached hydrogens (tertiary/aromatic N) is 1. The smallest absolute Gasteiger partial charge is 0.175 e. The minimum Gasteiger partial charge on any atom is -0.493 e. The Morgan fingerprint density at radius 2 is 1.75 bits per heavy atom. The van der Waals surface area contributed by atoms with E-state index in [1.54, 1.807) is 13.3 Å². The maximum Gasteiger partial charge on any atom is 0.175 e. The number of aliphatic imine (C=N–C) groups is 1. The van der Waals surface area contributed by atoms with E-state index in [0.29, 0.717) is 11.5 Å². The van der Waals surface area contributed by atoms with E-state index < -0.39 is 0 Å². The van der Waals surface area contributed by atoms with E-state index in [9.17, 15) is 0 Å². The van der Waals surface area contributed by atoms with Crippen LogP contribution in [0.5, 0.6) is 23.0 Å². The Morgan fingerprint density at radius 1 is 1.04 bits per heavy atom. The Kier molecular flexibility index (Phi) is 6.93. The summed E-state index contributed by atoms with van der Waals surface area (Å²) in [6.45, 7) is 0.192. The van der Waals surface area contributed by atoms with Crippen LogP contribution in [0.4, 0.5) is 5.69 Å². The van der Waals surface area contributed by atoms with Gasteiger partial charge in [-0.1, -0.05) is 24.1 Å². The average Bonchev–Trinajstić information content (AvgIpc) is 2.73. The van der Waals surface area contributed by atoms with Gasteiger partial charge in [-0.15, -0.1) is 6.42 Å². The van der Waals surface area contributed by atoms with Crippen LogP contribution in [0.3, 0.4) is 0 Å². The topological polar surface area (TPSA) is 40.0 Å². The van der Waals surface area contributed by atoms with Gasteiger partial charge >= 0.3 is 0 Å². The molecular weight excluding hydrogens is 465 g/mol. The number of benzene rings is 3. The van der Waals surface area contributed by atoms with Gasteiger partial charge in [0.15, 0.2) is 11.5 Å². The molecule has 0 aliphatic heterocycles. The van der Waals surface area contributed by atoms with Crippen molar-refractivity contribution in [3.8, 4) is 35.3 Å². The molecule has 0 saturated heterocycles. The molecule has 3 aromatic carbocycles. The van der Waals surface area contributed by atoms with Crippen LogP contribution in [0.25, 0.3) is 0 Å². The molecule has 140 valence electrons. The molecule has 0 fully saturated rings. The van der Waals surface area contributed by atoms with Crippen LogP contribution in [0.1, 0.15) is 5.56 Å². The molecule has 28 heavy (non-hydrogen) atoms. The van der Waals surface area contributed by atoms with Gasteiger partial charge in [-0.05, 0) is 76.7 Å². The summed E-state index contributed by atoms with van der Waals surface area (Å²) in [4.78, 5) is 4.52. The van der Waals surface area contributed by atoms with Gasteiger partial charge in [0.25, 0.3) is 0 Å². The number of hydrogen-bond donors (Lipinski definition) is 0. The summed E-state index contributed by atoms with van der Waals surface area (Å²) >= 11 is 2.19. The maximum absolute atomic E-state index is 5.79. The Morgan fingerprint density at radius 3 is 2.43 bits per heavy atom. The van der Waals surface area contributed by atoms with Crippen LogP contribution >= 0.6 is 22.6 Å². The molecule has 0 saturated carbocycles. The maximum atomic E-state index is 5.79. The molecule has 0 aromatic heterocycles. The molecule has 0 amide bonds. The molecular formula is C23H18INO3. The van der Waals surface area contributed by atoms with E-state index in [2.05, 4.69) is 33.5 Å². The third kappa shape index (κ3) is 5.27. The van der Waals surface area contributed by atoms with E-state index >= 15 is 0 Å². The summed E-state index contributed by atoms with van der Waals surface area (Å²) in [6.07, 6.45) is 7.05. The number of halogens is 1. The number of ether oxygens (including phenoxy) is 3. The SMILES string of the molecule is C#CCOc1c(I)cc(C=Nc2ccc(Oc3ccccc3)cc2)cc1OC. The zero-order chi connectivity index (χ0) is 19.8. The van der Waals surface area contributed by atoms with Crippen LogP contribution in [-0.2, 0) is 0 Å². The van der Waals surface area contributed by atoms with E-state index in [-0.39, 0.29) is 6.61 Å². The van der Waals surface area contributed by atoms with Gasteiger partial charge in [-0.25, -0.2) is 0 Å². The van der Waals surface area contributed by atoms with Crippen molar-refractivity contribution in [2.24, 2.45) is 4.99 Å². The van der Waals surface area contributed by atoms with Gasteiger partial charge in [-0.3, -0.25) is 4.99 Å². The summed E-state index contributed by atoms with van der Waals surface area (Å²) in [5.74, 6) is 5.28. The van der Waals surface area contributed by atoms with Gasteiger partial charge in [-0.2, -0.15) is 0 Å². The van der Waals surface area contributed by atoms with Crippen molar-refractivity contribution in [2.75, 3.05) is 13.7 Å². The van der Waals surface area contributed by atoms with E-state index in [0.717, 1.165) is 26.3 Å². The first-order valence-electron chi connectivity index (χ1n) is 8.50. The second-order valence-electron chi connectivity index (χ2n) is 5.69. The second kappa shape index (κ2) is 9.81. The fourth-order valence-electron chi connectivity index (χ4n) is 2.44. The summed E-state index contributed by atoms with van der Waals surface area (Å²) in [6, 6.07) is 21.1. The van der Waals surface area contributed by atoms with Crippen molar-refractivity contribution < 1.29 is 14.2 Å². The number of rotatable bonds is 7. The molecule has 0 atom stereocenters. The number of hydrogen-bond acceptors (Lipinski definition) is 4. The minimum absolute atomic E-state index is 0.192. The molecule has 0 bridgehead atoms. The van der Waals surface area contributed by atoms with Crippen molar-refractivity contribution >= 4 is 34.5 Å². The highest BCUT2D eigenvalue weighted by Crippen LogP contribution is 2.33. The predicted octanol–water partition coefficient (Wildman–Crippen LogP) is 5.85. The van der Waals surface area contributed by atoms with Crippen LogP contribution in [-0.4, -0.2) is 19.9 Å². The van der Waals surface area contributed by atoms with Crippen LogP contribution in [0.15, 0.2) is 71.7 Å². The Bertz CT molecular complexity index is 993. The fourth-order valence-corrected chi connectivity index (χ4v) is 3.22. The zero-order valence-corrected chi connectivity index (χ0v) is 17.4. The van der Waals surface area contributed by atoms with Gasteiger partial charge < -0.3 is 14.2 Å². The number of methoxy groups -OCH3 is 1. The van der Waals surface area contributed by atoms with E-state index in [1.165, 1.54) is 0 Å². The van der Waals surface area contributed by atoms with Crippen molar-refractivity contribution in [2.45, 2.75) is 0 Å². The van der Waals surface area contributed by atoms with Crippen molar-refractivity contribution in [1.82, 2.24) is 0 Å². The zero-order valence-electron chi connectivity index (χ0n) is 15.3. The lowest BCUT2D eigenvalue weighted by Gasteiger charge is -2.11. The first kappa shape index (κ1) is 19.8. The summed E-state index contributed by atoms with van der Waals surface area (Å²) < 4.78 is 17.7. The highest BCUT2D eigenvalue weighted by atomic mass is 127. The fraction of sp³-hybridized carbons (Fsp3) is 0.0870. The lowest BCUT2D eigenvalue weighted by Crippen LogP contribution is -2.00. The van der Waals surface area contributed by atoms with Crippen LogP contribution in [0.2, 0.25) is 0 Å². The lowest BCUT2D eigenvalue weighted by atomic mass is 10.2. The molecule has 0 aliphatic rings. The summed E-state index contributed by atoms with van der Waals surface area (Å²) in [5.41, 5.74) is 1.72. The molecule has 3 aromatic rings. The van der Waals surface area contributed by atoms with E-state index in [4.69, 9.17) is 20.6 Å². The average molecular weight is 483 g/mol. The Balaban J connectivity index is 1.73. The first-order valence-corrected chi connectivity index (χ1v) is 9.58. The molecule has 0 N–H and O–H groups in total. The summed E-state index contributed by atoms with van der Waals surface area (Å²) in [7, 11) is 1.60. The van der Waals surface area contributed by atoms with Gasteiger partial charge in [0.1, 0.15) is 18.1 Å². The summed E-state index contributed by atoms with van der Waals surface area (Å²) in [5, 5.41) is 0. The third-order valence-electron chi connectivity index (χ3n) is 3.73. The number of terminal acetylenes is 1. The second-order valence-corrected chi connectivity index (χ2v) is 6.86. The molecule has 0 radical (unpaired) electrons. The Hall–Kier alpha value is -2.98. The van der Waals surface area contributed by atoms with Crippen molar-refractivity contribution in [1.29, 1.82) is 0 Å². The monoisotopic (exact) mass is 483 g/mol. The molecule has 0 spiro atoms. The Labute approximate surface area is 178 Å². The van der Waals surface area contributed by atoms with Gasteiger partial charge in [0, 0.05) is 6.21 Å². The van der Waals surface area contributed by atoms with Gasteiger partial charge in [0.2, 0.25) is 0 Å². The quantitative estimate of drug-likeness (QED) is 0.240. The number of para-hydroxylation sites is 1. The molecule has 5 heteroatoms. The molecule has 0 aliphatic carbocycles.